The van der Waals surface area contributed by atoms with Crippen molar-refractivity contribution < 1.29 is 0 Å². The monoisotopic (exact) mass is 258 g/mol. The minimum atomic E-state index is 0.0773. The first-order valence-corrected chi connectivity index (χ1v) is 5.47. The molecule has 0 aromatic carbocycles. The fraction of sp³-hybridized carbons (Fsp3) is 0. The Morgan fingerprint density at radius 2 is 1.73 bits per heavy atom. The van der Waals surface area contributed by atoms with Crippen molar-refractivity contribution in [2.75, 3.05) is 0 Å². The van der Waals surface area contributed by atoms with E-state index in [1.54, 1.807) is 6.20 Å². The summed E-state index contributed by atoms with van der Waals surface area (Å²) in [6, 6.07) is 5.55. The van der Waals surface area contributed by atoms with Crippen molar-refractivity contribution in [1.82, 2.24) is 19.9 Å². The van der Waals surface area contributed by atoms with Crippen molar-refractivity contribution in [1.29, 1.82) is 0 Å². The molecule has 2 heterocycles. The molecule has 4 nitrogen and oxygen atoms in total. The van der Waals surface area contributed by atoms with Gasteiger partial charge in [-0.1, -0.05) is 6.07 Å². The van der Waals surface area contributed by atoms with E-state index in [9.17, 15) is 0 Å². The molecule has 76 valence electrons. The minimum Gasteiger partial charge on any atom is -0.249 e. The number of hydrogen-bond acceptors (Lipinski definition) is 5. The SMILES string of the molecule is Clc1nc(Cl)nc(Sc2ccccn2)n1. The van der Waals surface area contributed by atoms with Gasteiger partial charge in [-0.2, -0.15) is 15.0 Å². The highest BCUT2D eigenvalue weighted by molar-refractivity contribution is 7.99. The van der Waals surface area contributed by atoms with E-state index in [2.05, 4.69) is 19.9 Å². The summed E-state index contributed by atoms with van der Waals surface area (Å²) >= 11 is 12.5. The van der Waals surface area contributed by atoms with Crippen LogP contribution in [-0.2, 0) is 0 Å². The maximum Gasteiger partial charge on any atom is 0.227 e. The smallest absolute Gasteiger partial charge is 0.227 e. The Bertz CT molecular complexity index is 445. The second-order valence-corrected chi connectivity index (χ2v) is 4.09. The third-order valence-electron chi connectivity index (χ3n) is 1.39. The molecule has 0 amide bonds. The molecular weight excluding hydrogens is 255 g/mol. The van der Waals surface area contributed by atoms with Crippen LogP contribution in [0.15, 0.2) is 34.6 Å². The van der Waals surface area contributed by atoms with Crippen LogP contribution in [0.4, 0.5) is 0 Å². The number of hydrogen-bond donors (Lipinski definition) is 0. The van der Waals surface area contributed by atoms with Crippen LogP contribution in [0, 0.1) is 0 Å². The number of rotatable bonds is 2. The van der Waals surface area contributed by atoms with Gasteiger partial charge in [0.1, 0.15) is 5.03 Å². The van der Waals surface area contributed by atoms with E-state index in [1.807, 2.05) is 18.2 Å². The van der Waals surface area contributed by atoms with Gasteiger partial charge in [-0.15, -0.1) is 0 Å². The van der Waals surface area contributed by atoms with Crippen LogP contribution in [0.1, 0.15) is 0 Å². The maximum absolute atomic E-state index is 5.64. The van der Waals surface area contributed by atoms with Crippen molar-refractivity contribution in [3.05, 3.63) is 35.0 Å². The van der Waals surface area contributed by atoms with Crippen LogP contribution in [0.5, 0.6) is 0 Å². The summed E-state index contributed by atoms with van der Waals surface area (Å²) in [5.74, 6) is 0. The van der Waals surface area contributed by atoms with Crippen molar-refractivity contribution in [2.24, 2.45) is 0 Å². The summed E-state index contributed by atoms with van der Waals surface area (Å²) in [6.07, 6.45) is 1.69. The zero-order valence-electron chi connectivity index (χ0n) is 7.26. The van der Waals surface area contributed by atoms with E-state index in [0.29, 0.717) is 5.16 Å². The van der Waals surface area contributed by atoms with Gasteiger partial charge in [-0.05, 0) is 47.1 Å². The first-order chi connectivity index (χ1) is 7.24. The normalized spacial score (nSPS) is 10.3. The van der Waals surface area contributed by atoms with Gasteiger partial charge in [-0.3, -0.25) is 0 Å². The van der Waals surface area contributed by atoms with E-state index in [0.717, 1.165) is 5.03 Å². The zero-order chi connectivity index (χ0) is 10.7. The van der Waals surface area contributed by atoms with E-state index < -0.39 is 0 Å². The maximum atomic E-state index is 5.64. The van der Waals surface area contributed by atoms with Crippen LogP contribution < -0.4 is 0 Å². The van der Waals surface area contributed by atoms with Gasteiger partial charge in [0.25, 0.3) is 0 Å². The molecule has 0 saturated heterocycles. The molecule has 0 radical (unpaired) electrons. The molecule has 2 aromatic rings. The van der Waals surface area contributed by atoms with E-state index in [-0.39, 0.29) is 10.6 Å². The largest absolute Gasteiger partial charge is 0.249 e. The predicted molar refractivity (Wildman–Crippen MR) is 58.2 cm³/mol. The van der Waals surface area contributed by atoms with Crippen molar-refractivity contribution >= 4 is 35.0 Å². The predicted octanol–water partition coefficient (Wildman–Crippen LogP) is 2.72. The first kappa shape index (κ1) is 10.6. The van der Waals surface area contributed by atoms with Crippen LogP contribution in [0.2, 0.25) is 10.6 Å². The molecule has 0 aliphatic heterocycles. The van der Waals surface area contributed by atoms with E-state index in [4.69, 9.17) is 23.2 Å². The average molecular weight is 259 g/mol. The van der Waals surface area contributed by atoms with Gasteiger partial charge in [0.15, 0.2) is 5.16 Å². The summed E-state index contributed by atoms with van der Waals surface area (Å²) in [5, 5.41) is 1.36. The summed E-state index contributed by atoms with van der Waals surface area (Å²) in [7, 11) is 0. The second-order valence-electron chi connectivity index (χ2n) is 2.43. The Labute approximate surface area is 100 Å². The Kier molecular flexibility index (Phi) is 3.35. The molecule has 0 saturated carbocycles. The molecule has 0 fully saturated rings. The van der Waals surface area contributed by atoms with Crippen molar-refractivity contribution in [3.63, 3.8) is 0 Å². The molecule has 0 N–H and O–H groups in total. The molecule has 2 rings (SSSR count). The van der Waals surface area contributed by atoms with E-state index >= 15 is 0 Å². The number of pyridine rings is 1. The molecule has 15 heavy (non-hydrogen) atoms. The van der Waals surface area contributed by atoms with Gasteiger partial charge in [-0.25, -0.2) is 4.98 Å². The van der Waals surface area contributed by atoms with Gasteiger partial charge in [0, 0.05) is 6.20 Å². The molecule has 0 spiro atoms. The Morgan fingerprint density at radius 1 is 1.00 bits per heavy atom. The van der Waals surface area contributed by atoms with Gasteiger partial charge >= 0.3 is 0 Å². The lowest BCUT2D eigenvalue weighted by atomic mass is 10.5. The molecule has 2 aromatic heterocycles. The van der Waals surface area contributed by atoms with Crippen LogP contribution in [0.25, 0.3) is 0 Å². The number of aromatic nitrogens is 4. The number of halogens is 2. The highest BCUT2D eigenvalue weighted by Crippen LogP contribution is 2.23. The summed E-state index contributed by atoms with van der Waals surface area (Å²) in [5.41, 5.74) is 0. The lowest BCUT2D eigenvalue weighted by molar-refractivity contribution is 0.900. The molecule has 0 bridgehead atoms. The quantitative estimate of drug-likeness (QED) is 0.829. The highest BCUT2D eigenvalue weighted by atomic mass is 35.5. The Balaban J connectivity index is 2.25. The lowest BCUT2D eigenvalue weighted by Gasteiger charge is -1.98. The second kappa shape index (κ2) is 4.74. The molecular formula is C8H4Cl2N4S. The van der Waals surface area contributed by atoms with Crippen LogP contribution in [0.3, 0.4) is 0 Å². The van der Waals surface area contributed by atoms with Crippen molar-refractivity contribution in [3.8, 4) is 0 Å². The highest BCUT2D eigenvalue weighted by Gasteiger charge is 2.05. The van der Waals surface area contributed by atoms with Crippen LogP contribution in [-0.4, -0.2) is 19.9 Å². The number of nitrogens with zero attached hydrogens (tertiary/aromatic N) is 4. The topological polar surface area (TPSA) is 51.6 Å². The zero-order valence-corrected chi connectivity index (χ0v) is 9.59. The average Bonchev–Trinajstić information content (AvgIpc) is 2.17. The summed E-state index contributed by atoms with van der Waals surface area (Å²) in [4.78, 5) is 15.6. The Morgan fingerprint density at radius 3 is 2.33 bits per heavy atom. The fourth-order valence-electron chi connectivity index (χ4n) is 0.856. The fourth-order valence-corrected chi connectivity index (χ4v) is 2.03. The standard InChI is InChI=1S/C8H4Cl2N4S/c9-6-12-7(10)14-8(13-6)15-5-3-1-2-4-11-5/h1-4H. The Hall–Kier alpha value is -0.910. The molecule has 0 atom stereocenters. The van der Waals surface area contributed by atoms with Gasteiger partial charge < -0.3 is 0 Å². The third-order valence-corrected chi connectivity index (χ3v) is 2.55. The van der Waals surface area contributed by atoms with Gasteiger partial charge in [0.2, 0.25) is 10.6 Å². The molecule has 0 aliphatic carbocycles. The molecule has 0 unspecified atom stereocenters. The molecule has 0 aliphatic rings. The molecule has 7 heteroatoms. The van der Waals surface area contributed by atoms with Crippen LogP contribution >= 0.6 is 35.0 Å². The first-order valence-electron chi connectivity index (χ1n) is 3.90. The minimum absolute atomic E-state index is 0.0773. The van der Waals surface area contributed by atoms with E-state index in [1.165, 1.54) is 11.8 Å². The van der Waals surface area contributed by atoms with Crippen molar-refractivity contribution in [2.45, 2.75) is 10.2 Å². The summed E-state index contributed by atoms with van der Waals surface area (Å²) < 4.78 is 0. The lowest BCUT2D eigenvalue weighted by Crippen LogP contribution is -1.92. The third kappa shape index (κ3) is 3.02. The summed E-state index contributed by atoms with van der Waals surface area (Å²) in [6.45, 7) is 0. The van der Waals surface area contributed by atoms with Gasteiger partial charge in [0.05, 0.1) is 0 Å².